The molecule has 2 heterocycles. The van der Waals surface area contributed by atoms with Crippen LogP contribution in [0.25, 0.3) is 11.1 Å². The monoisotopic (exact) mass is 444 g/mol. The van der Waals surface area contributed by atoms with Crippen LogP contribution in [0.15, 0.2) is 59.7 Å². The van der Waals surface area contributed by atoms with E-state index in [0.29, 0.717) is 6.42 Å². The van der Waals surface area contributed by atoms with E-state index < -0.39 is 18.3 Å². The van der Waals surface area contributed by atoms with Crippen molar-refractivity contribution < 1.29 is 19.7 Å². The van der Waals surface area contributed by atoms with Crippen LogP contribution in [-0.4, -0.2) is 34.6 Å². The van der Waals surface area contributed by atoms with Gasteiger partial charge in [0, 0.05) is 17.5 Å². The van der Waals surface area contributed by atoms with Gasteiger partial charge in [-0.2, -0.15) is 0 Å². The maximum Gasteiger partial charge on any atom is 0.149 e. The zero-order valence-electron chi connectivity index (χ0n) is 19.0. The highest BCUT2D eigenvalue weighted by Gasteiger charge is 2.40. The molecule has 6 rings (SSSR count). The van der Waals surface area contributed by atoms with Gasteiger partial charge in [-0.1, -0.05) is 36.4 Å². The van der Waals surface area contributed by atoms with Crippen molar-refractivity contribution in [3.05, 3.63) is 70.8 Å². The van der Waals surface area contributed by atoms with E-state index in [0.717, 1.165) is 62.0 Å². The van der Waals surface area contributed by atoms with Gasteiger partial charge in [-0.05, 0) is 85.8 Å². The van der Waals surface area contributed by atoms with Crippen LogP contribution in [0.2, 0.25) is 0 Å². The molecule has 0 saturated carbocycles. The Hall–Kier alpha value is -2.56. The van der Waals surface area contributed by atoms with Gasteiger partial charge in [-0.25, -0.2) is 0 Å². The number of allylic oxidation sites excluding steroid dienone is 2. The molecule has 4 atom stereocenters. The maximum absolute atomic E-state index is 11.3. The molecular formula is C29H32O4. The molecule has 2 N–H and O–H groups in total. The van der Waals surface area contributed by atoms with Gasteiger partial charge in [0.25, 0.3) is 0 Å². The number of hydrogen-bond acceptors (Lipinski definition) is 4. The largest absolute Gasteiger partial charge is 0.485 e. The van der Waals surface area contributed by atoms with E-state index in [9.17, 15) is 10.2 Å². The number of hydrogen-bond donors (Lipinski definition) is 2. The van der Waals surface area contributed by atoms with Crippen molar-refractivity contribution in [2.45, 2.75) is 82.2 Å². The minimum absolute atomic E-state index is 0.199. The molecule has 2 aliphatic carbocycles. The van der Waals surface area contributed by atoms with Crippen molar-refractivity contribution >= 4 is 11.1 Å². The molecule has 4 unspecified atom stereocenters. The minimum Gasteiger partial charge on any atom is -0.485 e. The lowest BCUT2D eigenvalue weighted by Gasteiger charge is -2.39. The highest BCUT2D eigenvalue weighted by Crippen LogP contribution is 2.46. The molecule has 172 valence electrons. The molecule has 33 heavy (non-hydrogen) atoms. The number of rotatable bonds is 4. The highest BCUT2D eigenvalue weighted by molar-refractivity contribution is 5.77. The van der Waals surface area contributed by atoms with Crippen LogP contribution in [-0.2, 0) is 0 Å². The Morgan fingerprint density at radius 1 is 0.697 bits per heavy atom. The van der Waals surface area contributed by atoms with Gasteiger partial charge in [0.15, 0.2) is 0 Å². The van der Waals surface area contributed by atoms with Crippen LogP contribution < -0.4 is 9.47 Å². The fourth-order valence-electron chi connectivity index (χ4n) is 6.24. The molecule has 0 amide bonds. The van der Waals surface area contributed by atoms with E-state index in [2.05, 4.69) is 18.2 Å². The molecule has 4 heteroatoms. The second-order valence-electron chi connectivity index (χ2n) is 9.85. The van der Waals surface area contributed by atoms with Gasteiger partial charge < -0.3 is 19.7 Å². The summed E-state index contributed by atoms with van der Waals surface area (Å²) in [7, 11) is 0. The predicted octanol–water partition coefficient (Wildman–Crippen LogP) is 5.68. The van der Waals surface area contributed by atoms with Gasteiger partial charge in [0.05, 0.1) is 6.10 Å². The van der Waals surface area contributed by atoms with Crippen molar-refractivity contribution in [2.24, 2.45) is 0 Å². The Bertz CT molecular complexity index is 1110. The fraction of sp³-hybridized carbons (Fsp3) is 0.448. The zero-order chi connectivity index (χ0) is 22.4. The topological polar surface area (TPSA) is 58.9 Å². The van der Waals surface area contributed by atoms with Crippen molar-refractivity contribution in [3.63, 3.8) is 0 Å². The van der Waals surface area contributed by atoms with Crippen LogP contribution in [0.4, 0.5) is 0 Å². The third-order valence-corrected chi connectivity index (χ3v) is 7.86. The summed E-state index contributed by atoms with van der Waals surface area (Å²) >= 11 is 0. The normalized spacial score (nSPS) is 25.6. The lowest BCUT2D eigenvalue weighted by atomic mass is 9.79. The lowest BCUT2D eigenvalue weighted by Crippen LogP contribution is -2.46. The summed E-state index contributed by atoms with van der Waals surface area (Å²) in [6.07, 6.45) is 6.34. The van der Waals surface area contributed by atoms with E-state index in [-0.39, 0.29) is 6.10 Å². The zero-order valence-corrected chi connectivity index (χ0v) is 19.0. The number of para-hydroxylation sites is 2. The minimum atomic E-state index is -0.991. The Labute approximate surface area is 195 Å². The van der Waals surface area contributed by atoms with Crippen molar-refractivity contribution in [3.8, 4) is 11.5 Å². The van der Waals surface area contributed by atoms with Gasteiger partial charge >= 0.3 is 0 Å². The summed E-state index contributed by atoms with van der Waals surface area (Å²) in [5, 5.41) is 22.6. The Kier molecular flexibility index (Phi) is 5.51. The molecule has 4 nitrogen and oxygen atoms in total. The number of fused-ring (bicyclic) bond motifs is 4. The second-order valence-corrected chi connectivity index (χ2v) is 9.85. The van der Waals surface area contributed by atoms with Crippen LogP contribution in [0.3, 0.4) is 0 Å². The third-order valence-electron chi connectivity index (χ3n) is 7.86. The molecule has 0 aromatic heterocycles. The smallest absolute Gasteiger partial charge is 0.149 e. The van der Waals surface area contributed by atoms with Crippen molar-refractivity contribution in [1.82, 2.24) is 0 Å². The molecule has 0 radical (unpaired) electrons. The van der Waals surface area contributed by atoms with Crippen LogP contribution in [0.5, 0.6) is 11.5 Å². The first-order valence-corrected chi connectivity index (χ1v) is 12.5. The predicted molar refractivity (Wildman–Crippen MR) is 129 cm³/mol. The quantitative estimate of drug-likeness (QED) is 0.637. The van der Waals surface area contributed by atoms with E-state index >= 15 is 0 Å². The highest BCUT2D eigenvalue weighted by atomic mass is 16.5. The standard InChI is InChI=1S/C29H32O4/c30-24(17-27-22-13-3-1-9-18(22)20-11-5-7-15-25(20)32-27)28(31)29-23-14-4-2-10-19(23)21-12-6-8-16-26(21)33-29/h5-8,11-12,15-16,24,27-31H,1-4,9-10,13-14,17H2. The average molecular weight is 445 g/mol. The molecule has 0 saturated heterocycles. The Morgan fingerprint density at radius 2 is 1.24 bits per heavy atom. The van der Waals surface area contributed by atoms with Crippen LogP contribution >= 0.6 is 0 Å². The lowest BCUT2D eigenvalue weighted by molar-refractivity contribution is -0.0512. The molecule has 2 aliphatic heterocycles. The maximum atomic E-state index is 11.3. The summed E-state index contributed by atoms with van der Waals surface area (Å²) in [6, 6.07) is 16.3. The fourth-order valence-corrected chi connectivity index (χ4v) is 6.24. The van der Waals surface area contributed by atoms with E-state index in [1.54, 1.807) is 0 Å². The molecule has 4 aliphatic rings. The summed E-state index contributed by atoms with van der Waals surface area (Å²) in [5.74, 6) is 1.71. The number of aliphatic hydroxyl groups excluding tert-OH is 2. The summed E-state index contributed by atoms with van der Waals surface area (Å²) in [5.41, 5.74) is 7.50. The van der Waals surface area contributed by atoms with Gasteiger partial charge in [-0.15, -0.1) is 0 Å². The summed E-state index contributed by atoms with van der Waals surface area (Å²) in [4.78, 5) is 0. The molecule has 2 aromatic rings. The Morgan fingerprint density at radius 3 is 1.94 bits per heavy atom. The van der Waals surface area contributed by atoms with E-state index in [1.807, 2.05) is 30.3 Å². The molecule has 0 bridgehead atoms. The summed E-state index contributed by atoms with van der Waals surface area (Å²) in [6.45, 7) is 0. The second kappa shape index (κ2) is 8.66. The van der Waals surface area contributed by atoms with E-state index in [4.69, 9.17) is 9.47 Å². The van der Waals surface area contributed by atoms with Crippen LogP contribution in [0.1, 0.15) is 68.9 Å². The molecule has 0 spiro atoms. The first-order valence-electron chi connectivity index (χ1n) is 12.5. The van der Waals surface area contributed by atoms with Gasteiger partial charge in [0.2, 0.25) is 0 Å². The average Bonchev–Trinajstić information content (AvgIpc) is 2.88. The molecular weight excluding hydrogens is 412 g/mol. The third kappa shape index (κ3) is 3.70. The first kappa shape index (κ1) is 21.0. The Balaban J connectivity index is 1.27. The van der Waals surface area contributed by atoms with Crippen molar-refractivity contribution in [1.29, 1.82) is 0 Å². The molecule has 0 fully saturated rings. The number of ether oxygens (including phenoxy) is 2. The van der Waals surface area contributed by atoms with Crippen LogP contribution in [0, 0.1) is 0 Å². The van der Waals surface area contributed by atoms with Gasteiger partial charge in [0.1, 0.15) is 29.8 Å². The van der Waals surface area contributed by atoms with E-state index in [1.165, 1.54) is 34.3 Å². The summed E-state index contributed by atoms with van der Waals surface area (Å²) < 4.78 is 12.7. The first-order chi connectivity index (χ1) is 16.2. The van der Waals surface area contributed by atoms with Gasteiger partial charge in [-0.3, -0.25) is 0 Å². The van der Waals surface area contributed by atoms with Crippen molar-refractivity contribution in [2.75, 3.05) is 0 Å². The molecule has 2 aromatic carbocycles. The number of aliphatic hydroxyl groups is 2. The SMILES string of the molecule is OC(CC1Oc2ccccc2C2=C1CCCC2)C(O)C1Oc2ccccc2C2=C1CCCC2. The number of benzene rings is 2.